The maximum absolute atomic E-state index is 12.8. The predicted molar refractivity (Wildman–Crippen MR) is 106 cm³/mol. The summed E-state index contributed by atoms with van der Waals surface area (Å²) in [6.45, 7) is 3.21. The lowest BCUT2D eigenvalue weighted by Gasteiger charge is -2.44. The standard InChI is InChI=1S/C23H24N2O3/c1-16-6-2-4-8-18(16)21(26)10-11-22(27)24-14-20-19-9-5-3-7-17(19)12-13-25(20)23(28)15-24/h2-9,20H,10-15H2,1H3. The molecule has 0 aromatic heterocycles. The first kappa shape index (κ1) is 18.4. The molecule has 1 fully saturated rings. The van der Waals surface area contributed by atoms with Crippen LogP contribution in [0.1, 0.15) is 45.9 Å². The van der Waals surface area contributed by atoms with E-state index in [1.165, 1.54) is 5.56 Å². The number of amides is 2. The number of benzene rings is 2. The molecule has 1 atom stereocenters. The van der Waals surface area contributed by atoms with Gasteiger partial charge < -0.3 is 9.80 Å². The normalized spacial score (nSPS) is 18.5. The summed E-state index contributed by atoms with van der Waals surface area (Å²) in [4.78, 5) is 41.4. The Morgan fingerprint density at radius 1 is 1.04 bits per heavy atom. The molecule has 4 rings (SSSR count). The van der Waals surface area contributed by atoms with Crippen LogP contribution in [-0.2, 0) is 16.0 Å². The van der Waals surface area contributed by atoms with Gasteiger partial charge in [0.15, 0.2) is 5.78 Å². The summed E-state index contributed by atoms with van der Waals surface area (Å²) in [6, 6.07) is 15.5. The van der Waals surface area contributed by atoms with Crippen molar-refractivity contribution in [1.82, 2.24) is 9.80 Å². The SMILES string of the molecule is Cc1ccccc1C(=O)CCC(=O)N1CC(=O)N2CCc3ccccc3C2C1. The molecule has 0 N–H and O–H groups in total. The average molecular weight is 376 g/mol. The monoisotopic (exact) mass is 376 g/mol. The molecular formula is C23H24N2O3. The largest absolute Gasteiger partial charge is 0.332 e. The second-order valence-electron chi connectivity index (χ2n) is 7.56. The van der Waals surface area contributed by atoms with Crippen molar-refractivity contribution in [3.63, 3.8) is 0 Å². The molecule has 5 nitrogen and oxygen atoms in total. The fourth-order valence-electron chi connectivity index (χ4n) is 4.26. The number of ketones is 1. The minimum Gasteiger partial charge on any atom is -0.332 e. The van der Waals surface area contributed by atoms with Crippen molar-refractivity contribution in [3.05, 3.63) is 70.8 Å². The summed E-state index contributed by atoms with van der Waals surface area (Å²) < 4.78 is 0. The number of nitrogens with zero attached hydrogens (tertiary/aromatic N) is 2. The first-order valence-electron chi connectivity index (χ1n) is 9.78. The van der Waals surface area contributed by atoms with Gasteiger partial charge in [0.25, 0.3) is 0 Å². The van der Waals surface area contributed by atoms with E-state index in [0.717, 1.165) is 17.5 Å². The van der Waals surface area contributed by atoms with Gasteiger partial charge in [-0.2, -0.15) is 0 Å². The molecule has 2 aliphatic rings. The number of hydrogen-bond donors (Lipinski definition) is 0. The van der Waals surface area contributed by atoms with Gasteiger partial charge in [-0.3, -0.25) is 14.4 Å². The number of fused-ring (bicyclic) bond motifs is 3. The molecule has 2 amide bonds. The zero-order valence-electron chi connectivity index (χ0n) is 16.1. The average Bonchev–Trinajstić information content (AvgIpc) is 2.71. The maximum atomic E-state index is 12.8. The smallest absolute Gasteiger partial charge is 0.242 e. The fraction of sp³-hybridized carbons (Fsp3) is 0.348. The molecule has 2 aromatic carbocycles. The van der Waals surface area contributed by atoms with Gasteiger partial charge >= 0.3 is 0 Å². The van der Waals surface area contributed by atoms with E-state index in [4.69, 9.17) is 0 Å². The Morgan fingerprint density at radius 3 is 2.61 bits per heavy atom. The number of aryl methyl sites for hydroxylation is 1. The van der Waals surface area contributed by atoms with Crippen LogP contribution in [0.4, 0.5) is 0 Å². The third kappa shape index (κ3) is 3.44. The van der Waals surface area contributed by atoms with E-state index < -0.39 is 0 Å². The van der Waals surface area contributed by atoms with Crippen molar-refractivity contribution in [1.29, 1.82) is 0 Å². The molecule has 5 heteroatoms. The van der Waals surface area contributed by atoms with Crippen LogP contribution < -0.4 is 0 Å². The molecule has 1 unspecified atom stereocenters. The van der Waals surface area contributed by atoms with Crippen LogP contribution in [-0.4, -0.2) is 47.0 Å². The van der Waals surface area contributed by atoms with Crippen LogP contribution in [0.25, 0.3) is 0 Å². The van der Waals surface area contributed by atoms with Gasteiger partial charge in [-0.05, 0) is 30.0 Å². The minimum absolute atomic E-state index is 0.00988. The van der Waals surface area contributed by atoms with E-state index in [0.29, 0.717) is 18.7 Å². The Balaban J connectivity index is 1.44. The molecule has 2 aliphatic heterocycles. The van der Waals surface area contributed by atoms with Crippen molar-refractivity contribution >= 4 is 17.6 Å². The number of carbonyl (C=O) groups is 3. The van der Waals surface area contributed by atoms with Gasteiger partial charge in [0.1, 0.15) is 0 Å². The zero-order valence-corrected chi connectivity index (χ0v) is 16.1. The summed E-state index contributed by atoms with van der Waals surface area (Å²) in [6.07, 6.45) is 1.16. The Bertz CT molecular complexity index is 937. The van der Waals surface area contributed by atoms with E-state index in [1.807, 2.05) is 42.2 Å². The number of carbonyl (C=O) groups excluding carboxylic acids is 3. The second-order valence-corrected chi connectivity index (χ2v) is 7.56. The Kier molecular flexibility index (Phi) is 4.99. The highest BCUT2D eigenvalue weighted by Crippen LogP contribution is 2.33. The molecular weight excluding hydrogens is 352 g/mol. The molecule has 0 spiro atoms. The molecule has 144 valence electrons. The summed E-state index contributed by atoms with van der Waals surface area (Å²) >= 11 is 0. The van der Waals surface area contributed by atoms with Crippen LogP contribution in [0.5, 0.6) is 0 Å². The Morgan fingerprint density at radius 2 is 1.79 bits per heavy atom. The summed E-state index contributed by atoms with van der Waals surface area (Å²) in [5.74, 6) is -0.165. The van der Waals surface area contributed by atoms with Crippen molar-refractivity contribution in [2.24, 2.45) is 0 Å². The van der Waals surface area contributed by atoms with Crippen molar-refractivity contribution < 1.29 is 14.4 Å². The summed E-state index contributed by atoms with van der Waals surface area (Å²) in [7, 11) is 0. The topological polar surface area (TPSA) is 57.7 Å². The zero-order chi connectivity index (χ0) is 19.7. The van der Waals surface area contributed by atoms with Crippen molar-refractivity contribution in [2.45, 2.75) is 32.2 Å². The van der Waals surface area contributed by atoms with E-state index in [1.54, 1.807) is 11.0 Å². The van der Waals surface area contributed by atoms with Crippen LogP contribution in [0.2, 0.25) is 0 Å². The van der Waals surface area contributed by atoms with Gasteiger partial charge in [-0.15, -0.1) is 0 Å². The Labute approximate surface area is 164 Å². The van der Waals surface area contributed by atoms with E-state index in [2.05, 4.69) is 12.1 Å². The highest BCUT2D eigenvalue weighted by Gasteiger charge is 2.38. The van der Waals surface area contributed by atoms with Crippen LogP contribution in [0.15, 0.2) is 48.5 Å². The van der Waals surface area contributed by atoms with Gasteiger partial charge in [-0.1, -0.05) is 48.5 Å². The van der Waals surface area contributed by atoms with Crippen LogP contribution in [0.3, 0.4) is 0 Å². The molecule has 0 aliphatic carbocycles. The lowest BCUT2D eigenvalue weighted by atomic mass is 9.90. The van der Waals surface area contributed by atoms with Gasteiger partial charge in [0, 0.05) is 31.5 Å². The number of piperazine rings is 1. The molecule has 1 saturated heterocycles. The molecule has 0 bridgehead atoms. The fourth-order valence-corrected chi connectivity index (χ4v) is 4.26. The molecule has 2 aromatic rings. The van der Waals surface area contributed by atoms with Crippen molar-refractivity contribution in [3.8, 4) is 0 Å². The quantitative estimate of drug-likeness (QED) is 0.771. The van der Waals surface area contributed by atoms with E-state index in [-0.39, 0.29) is 43.0 Å². The first-order chi connectivity index (χ1) is 13.5. The lowest BCUT2D eigenvalue weighted by Crippen LogP contribution is -2.55. The number of rotatable bonds is 4. The highest BCUT2D eigenvalue weighted by molar-refractivity contribution is 5.99. The maximum Gasteiger partial charge on any atom is 0.242 e. The molecule has 0 radical (unpaired) electrons. The third-order valence-electron chi connectivity index (χ3n) is 5.82. The van der Waals surface area contributed by atoms with Gasteiger partial charge in [0.05, 0.1) is 12.6 Å². The molecule has 0 saturated carbocycles. The van der Waals surface area contributed by atoms with Crippen LogP contribution in [0, 0.1) is 6.92 Å². The molecule has 28 heavy (non-hydrogen) atoms. The third-order valence-corrected chi connectivity index (χ3v) is 5.82. The van der Waals surface area contributed by atoms with Gasteiger partial charge in [0.2, 0.25) is 11.8 Å². The molecule has 2 heterocycles. The van der Waals surface area contributed by atoms with Crippen LogP contribution >= 0.6 is 0 Å². The lowest BCUT2D eigenvalue weighted by molar-refractivity contribution is -0.149. The second kappa shape index (κ2) is 7.58. The summed E-state index contributed by atoms with van der Waals surface area (Å²) in [5, 5.41) is 0. The van der Waals surface area contributed by atoms with Crippen molar-refractivity contribution in [2.75, 3.05) is 19.6 Å². The Hall–Kier alpha value is -2.95. The first-order valence-corrected chi connectivity index (χ1v) is 9.78. The predicted octanol–water partition coefficient (Wildman–Crippen LogP) is 2.93. The van der Waals surface area contributed by atoms with E-state index >= 15 is 0 Å². The number of hydrogen-bond acceptors (Lipinski definition) is 3. The van der Waals surface area contributed by atoms with E-state index in [9.17, 15) is 14.4 Å². The van der Waals surface area contributed by atoms with Gasteiger partial charge in [-0.25, -0.2) is 0 Å². The summed E-state index contributed by atoms with van der Waals surface area (Å²) in [5.41, 5.74) is 3.97. The minimum atomic E-state index is -0.127. The number of Topliss-reactive ketones (excluding diaryl/α,β-unsaturated/α-hetero) is 1. The highest BCUT2D eigenvalue weighted by atomic mass is 16.2.